The molecule has 0 bridgehead atoms. The highest BCUT2D eigenvalue weighted by Crippen LogP contribution is 2.37. The van der Waals surface area contributed by atoms with Gasteiger partial charge in [-0.1, -0.05) is 17.7 Å². The number of amides is 4. The molecule has 4 rings (SSSR count). The van der Waals surface area contributed by atoms with Gasteiger partial charge in [0.25, 0.3) is 0 Å². The number of nitrogens with two attached hydrogens (primary N) is 1. The lowest BCUT2D eigenvalue weighted by Crippen LogP contribution is -2.47. The number of aromatic nitrogens is 1. The summed E-state index contributed by atoms with van der Waals surface area (Å²) in [7, 11) is 1.32. The standard InChI is InChI=1S/C24H21ClF4N6O2/c1-3-34-19-10-21(32-22(36)33(2)15-6-4-5-14(7-15)24(27,28)29)31-11-13(19)12-35(23(34)37)20-9-18(30)17(26)8-16(20)25/h4-11H,3,12,30H2,1-2H3,(H,31,32,36). The van der Waals surface area contributed by atoms with Crippen molar-refractivity contribution >= 4 is 52.2 Å². The first kappa shape index (κ1) is 26.0. The van der Waals surface area contributed by atoms with Gasteiger partial charge < -0.3 is 5.73 Å². The highest BCUT2D eigenvalue weighted by molar-refractivity contribution is 6.34. The molecular formula is C24H21ClF4N6O2. The van der Waals surface area contributed by atoms with Gasteiger partial charge in [0.15, 0.2) is 0 Å². The van der Waals surface area contributed by atoms with E-state index in [9.17, 15) is 27.2 Å². The number of rotatable bonds is 4. The maximum atomic E-state index is 13.8. The summed E-state index contributed by atoms with van der Waals surface area (Å²) in [6.45, 7) is 2.05. The number of anilines is 5. The average molecular weight is 537 g/mol. The summed E-state index contributed by atoms with van der Waals surface area (Å²) >= 11 is 6.18. The summed E-state index contributed by atoms with van der Waals surface area (Å²) in [4.78, 5) is 34.0. The molecule has 8 nitrogen and oxygen atoms in total. The van der Waals surface area contributed by atoms with Crippen LogP contribution >= 0.6 is 11.6 Å². The summed E-state index contributed by atoms with van der Waals surface area (Å²) in [5.41, 5.74) is 5.97. The van der Waals surface area contributed by atoms with Crippen LogP contribution in [-0.4, -0.2) is 30.6 Å². The molecule has 1 aliphatic rings. The minimum Gasteiger partial charge on any atom is -0.396 e. The van der Waals surface area contributed by atoms with Gasteiger partial charge in [-0.05, 0) is 37.3 Å². The van der Waals surface area contributed by atoms with Crippen molar-refractivity contribution in [2.24, 2.45) is 0 Å². The molecule has 0 saturated heterocycles. The van der Waals surface area contributed by atoms with E-state index in [-0.39, 0.29) is 41.0 Å². The van der Waals surface area contributed by atoms with Gasteiger partial charge in [0, 0.05) is 37.1 Å². The van der Waals surface area contributed by atoms with Gasteiger partial charge in [-0.3, -0.25) is 20.0 Å². The van der Waals surface area contributed by atoms with Crippen LogP contribution in [0.2, 0.25) is 5.02 Å². The Kier molecular flexibility index (Phi) is 6.87. The van der Waals surface area contributed by atoms with Crippen molar-refractivity contribution in [3.05, 3.63) is 70.6 Å². The van der Waals surface area contributed by atoms with Crippen LogP contribution in [-0.2, 0) is 12.7 Å². The molecule has 1 aliphatic heterocycles. The third-order valence-electron chi connectivity index (χ3n) is 5.82. The summed E-state index contributed by atoms with van der Waals surface area (Å²) in [6.07, 6.45) is -3.10. The number of benzene rings is 2. The molecule has 3 aromatic rings. The average Bonchev–Trinajstić information content (AvgIpc) is 2.85. The molecule has 37 heavy (non-hydrogen) atoms. The summed E-state index contributed by atoms with van der Waals surface area (Å²) in [5, 5.41) is 2.55. The molecule has 0 spiro atoms. The number of nitrogens with zero attached hydrogens (tertiary/aromatic N) is 4. The first-order chi connectivity index (χ1) is 17.4. The zero-order valence-corrected chi connectivity index (χ0v) is 20.4. The van der Waals surface area contributed by atoms with Crippen LogP contribution in [0.4, 0.5) is 55.7 Å². The van der Waals surface area contributed by atoms with E-state index in [4.69, 9.17) is 17.3 Å². The summed E-state index contributed by atoms with van der Waals surface area (Å²) in [5.74, 6) is -0.616. The smallest absolute Gasteiger partial charge is 0.396 e. The zero-order valence-electron chi connectivity index (χ0n) is 19.6. The first-order valence-electron chi connectivity index (χ1n) is 10.9. The second-order valence-corrected chi connectivity index (χ2v) is 8.58. The lowest BCUT2D eigenvalue weighted by molar-refractivity contribution is -0.137. The van der Waals surface area contributed by atoms with Crippen molar-refractivity contribution in [1.82, 2.24) is 4.98 Å². The third kappa shape index (κ3) is 5.10. The number of carbonyl (C=O) groups excluding carboxylic acids is 2. The van der Waals surface area contributed by atoms with Crippen molar-refractivity contribution < 1.29 is 27.2 Å². The monoisotopic (exact) mass is 536 g/mol. The van der Waals surface area contributed by atoms with Crippen molar-refractivity contribution in [2.45, 2.75) is 19.6 Å². The Morgan fingerprint density at radius 2 is 1.95 bits per heavy atom. The molecule has 3 N–H and O–H groups in total. The lowest BCUT2D eigenvalue weighted by Gasteiger charge is -2.37. The lowest BCUT2D eigenvalue weighted by atomic mass is 10.1. The van der Waals surface area contributed by atoms with Gasteiger partial charge in [-0.15, -0.1) is 0 Å². The number of alkyl halides is 3. The number of nitrogens with one attached hydrogen (secondary N) is 1. The Balaban J connectivity index is 1.59. The van der Waals surface area contributed by atoms with Crippen LogP contribution in [0.3, 0.4) is 0 Å². The summed E-state index contributed by atoms with van der Waals surface area (Å²) in [6, 6.07) is 6.97. The van der Waals surface area contributed by atoms with Crippen LogP contribution in [0.15, 0.2) is 48.7 Å². The molecule has 0 aliphatic carbocycles. The Morgan fingerprint density at radius 1 is 1.22 bits per heavy atom. The van der Waals surface area contributed by atoms with Crippen LogP contribution < -0.4 is 25.8 Å². The van der Waals surface area contributed by atoms with Crippen LogP contribution in [0.5, 0.6) is 0 Å². The van der Waals surface area contributed by atoms with E-state index in [2.05, 4.69) is 10.3 Å². The quantitative estimate of drug-likeness (QED) is 0.311. The van der Waals surface area contributed by atoms with Crippen molar-refractivity contribution in [1.29, 1.82) is 0 Å². The van der Waals surface area contributed by atoms with Crippen molar-refractivity contribution in [3.63, 3.8) is 0 Å². The number of hydrogen-bond acceptors (Lipinski definition) is 4. The van der Waals surface area contributed by atoms with Crippen LogP contribution in [0, 0.1) is 5.82 Å². The molecular weight excluding hydrogens is 516 g/mol. The number of halogens is 5. The molecule has 0 unspecified atom stereocenters. The van der Waals surface area contributed by atoms with Gasteiger partial charge in [-0.2, -0.15) is 13.2 Å². The highest BCUT2D eigenvalue weighted by Gasteiger charge is 2.33. The number of nitrogen functional groups attached to an aromatic ring is 1. The third-order valence-corrected chi connectivity index (χ3v) is 6.12. The molecule has 194 valence electrons. The van der Waals surface area contributed by atoms with Crippen LogP contribution in [0.1, 0.15) is 18.1 Å². The fraction of sp³-hybridized carbons (Fsp3) is 0.208. The molecule has 4 amide bonds. The molecule has 2 heterocycles. The van der Waals surface area contributed by atoms with Gasteiger partial charge in [-0.25, -0.2) is 19.0 Å². The molecule has 2 aromatic carbocycles. The van der Waals surface area contributed by atoms with E-state index in [1.165, 1.54) is 47.3 Å². The first-order valence-corrected chi connectivity index (χ1v) is 11.3. The van der Waals surface area contributed by atoms with E-state index < -0.39 is 29.6 Å². The van der Waals surface area contributed by atoms with Gasteiger partial charge in [0.05, 0.1) is 34.2 Å². The predicted octanol–water partition coefficient (Wildman–Crippen LogP) is 6.11. The van der Waals surface area contributed by atoms with Gasteiger partial charge in [0.1, 0.15) is 11.6 Å². The van der Waals surface area contributed by atoms with E-state index >= 15 is 0 Å². The molecule has 0 fully saturated rings. The number of hydrogen-bond donors (Lipinski definition) is 2. The Morgan fingerprint density at radius 3 is 2.62 bits per heavy atom. The van der Waals surface area contributed by atoms with Gasteiger partial charge in [0.2, 0.25) is 0 Å². The number of carbonyl (C=O) groups is 2. The topological polar surface area (TPSA) is 94.8 Å². The minimum atomic E-state index is -4.55. The number of pyridine rings is 1. The largest absolute Gasteiger partial charge is 0.416 e. The maximum absolute atomic E-state index is 13.8. The predicted molar refractivity (Wildman–Crippen MR) is 134 cm³/mol. The number of urea groups is 2. The van der Waals surface area contributed by atoms with E-state index in [0.29, 0.717) is 11.3 Å². The Labute approximate surface area is 214 Å². The van der Waals surface area contributed by atoms with Crippen LogP contribution in [0.25, 0.3) is 0 Å². The zero-order chi connectivity index (χ0) is 27.1. The highest BCUT2D eigenvalue weighted by atomic mass is 35.5. The second kappa shape index (κ2) is 9.77. The summed E-state index contributed by atoms with van der Waals surface area (Å²) < 4.78 is 52.9. The maximum Gasteiger partial charge on any atom is 0.416 e. The molecule has 1 aromatic heterocycles. The van der Waals surface area contributed by atoms with Crippen molar-refractivity contribution in [2.75, 3.05) is 39.3 Å². The van der Waals surface area contributed by atoms with Gasteiger partial charge >= 0.3 is 18.2 Å². The van der Waals surface area contributed by atoms with Crippen molar-refractivity contribution in [3.8, 4) is 0 Å². The molecule has 0 radical (unpaired) electrons. The fourth-order valence-corrected chi connectivity index (χ4v) is 4.11. The molecule has 0 atom stereocenters. The van der Waals surface area contributed by atoms with E-state index in [0.717, 1.165) is 23.1 Å². The molecule has 0 saturated carbocycles. The Hall–Kier alpha value is -4.06. The minimum absolute atomic E-state index is 0.00836. The second-order valence-electron chi connectivity index (χ2n) is 8.17. The molecule has 13 heteroatoms. The normalized spacial score (nSPS) is 13.4. The number of fused-ring (bicyclic) bond motifs is 1. The van der Waals surface area contributed by atoms with E-state index in [1.807, 2.05) is 0 Å². The van der Waals surface area contributed by atoms with E-state index in [1.54, 1.807) is 6.92 Å². The Bertz CT molecular complexity index is 1380. The SMILES string of the molecule is CCN1C(=O)N(c2cc(N)c(F)cc2Cl)Cc2cnc(NC(=O)N(C)c3cccc(C(F)(F)F)c3)cc21. The fourth-order valence-electron chi connectivity index (χ4n) is 3.86.